The third kappa shape index (κ3) is 4.86. The Morgan fingerprint density at radius 1 is 1.63 bits per heavy atom. The standard InChI is InChI=1S/C10H17ClN6O2/c1-6(9(18)13-3-4-19-2)15-8-7(11)5-14-10(16-8)17-12/h5-6H,3-4,12H2,1-2H3,(H,13,18)(H2,14,15,16,17). The highest BCUT2D eigenvalue weighted by atomic mass is 35.5. The van der Waals surface area contributed by atoms with Crippen molar-refractivity contribution in [1.29, 1.82) is 0 Å². The molecule has 0 saturated carbocycles. The number of carbonyl (C=O) groups is 1. The van der Waals surface area contributed by atoms with Crippen LogP contribution in [0.3, 0.4) is 0 Å². The van der Waals surface area contributed by atoms with Gasteiger partial charge in [-0.1, -0.05) is 11.6 Å². The molecular formula is C10H17ClN6O2. The number of amides is 1. The number of nitrogens with zero attached hydrogens (tertiary/aromatic N) is 2. The number of nitrogens with one attached hydrogen (secondary N) is 3. The number of nitrogens with two attached hydrogens (primary N) is 1. The summed E-state index contributed by atoms with van der Waals surface area (Å²) in [4.78, 5) is 19.6. The molecule has 0 aliphatic heterocycles. The Balaban J connectivity index is 2.60. The summed E-state index contributed by atoms with van der Waals surface area (Å²) >= 11 is 5.92. The zero-order valence-corrected chi connectivity index (χ0v) is 11.5. The van der Waals surface area contributed by atoms with Crippen LogP contribution in [0.5, 0.6) is 0 Å². The van der Waals surface area contributed by atoms with E-state index in [0.29, 0.717) is 24.0 Å². The number of hydrogen-bond acceptors (Lipinski definition) is 7. The van der Waals surface area contributed by atoms with Gasteiger partial charge in [-0.15, -0.1) is 0 Å². The highest BCUT2D eigenvalue weighted by Crippen LogP contribution is 2.19. The fraction of sp³-hybridized carbons (Fsp3) is 0.500. The van der Waals surface area contributed by atoms with E-state index in [4.69, 9.17) is 22.2 Å². The van der Waals surface area contributed by atoms with Gasteiger partial charge in [0.25, 0.3) is 0 Å². The van der Waals surface area contributed by atoms with Gasteiger partial charge in [0.2, 0.25) is 11.9 Å². The molecule has 0 aromatic carbocycles. The maximum atomic E-state index is 11.7. The van der Waals surface area contributed by atoms with Crippen LogP contribution in [-0.4, -0.2) is 42.2 Å². The number of aromatic nitrogens is 2. The second kappa shape index (κ2) is 7.72. The van der Waals surface area contributed by atoms with Gasteiger partial charge in [-0.2, -0.15) is 4.98 Å². The lowest BCUT2D eigenvalue weighted by Crippen LogP contribution is -2.39. The fourth-order valence-corrected chi connectivity index (χ4v) is 1.38. The third-order valence-corrected chi connectivity index (χ3v) is 2.50. The molecule has 1 aromatic heterocycles. The Hall–Kier alpha value is -1.64. The van der Waals surface area contributed by atoms with E-state index in [0.717, 1.165) is 0 Å². The number of methoxy groups -OCH3 is 1. The molecule has 0 spiro atoms. The van der Waals surface area contributed by atoms with Gasteiger partial charge >= 0.3 is 0 Å². The minimum Gasteiger partial charge on any atom is -0.383 e. The van der Waals surface area contributed by atoms with E-state index in [1.807, 2.05) is 0 Å². The van der Waals surface area contributed by atoms with Crippen LogP contribution in [0.2, 0.25) is 5.02 Å². The third-order valence-electron chi connectivity index (χ3n) is 2.23. The van der Waals surface area contributed by atoms with Gasteiger partial charge in [-0.3, -0.25) is 10.2 Å². The Kier molecular flexibility index (Phi) is 6.26. The van der Waals surface area contributed by atoms with Gasteiger partial charge in [0.05, 0.1) is 12.8 Å². The van der Waals surface area contributed by atoms with Gasteiger partial charge in [0.15, 0.2) is 5.82 Å². The predicted molar refractivity (Wildman–Crippen MR) is 72.8 cm³/mol. The molecule has 0 bridgehead atoms. The molecule has 0 fully saturated rings. The van der Waals surface area contributed by atoms with Crippen LogP contribution >= 0.6 is 11.6 Å². The van der Waals surface area contributed by atoms with Gasteiger partial charge < -0.3 is 15.4 Å². The summed E-state index contributed by atoms with van der Waals surface area (Å²) in [7, 11) is 1.57. The molecule has 1 unspecified atom stereocenters. The first kappa shape index (κ1) is 15.4. The maximum Gasteiger partial charge on any atom is 0.242 e. The van der Waals surface area contributed by atoms with E-state index in [2.05, 4.69) is 26.0 Å². The number of halogens is 1. The topological polar surface area (TPSA) is 114 Å². The monoisotopic (exact) mass is 288 g/mol. The van der Waals surface area contributed by atoms with Gasteiger partial charge in [0.1, 0.15) is 11.1 Å². The van der Waals surface area contributed by atoms with E-state index in [1.54, 1.807) is 14.0 Å². The van der Waals surface area contributed by atoms with Crippen molar-refractivity contribution in [3.63, 3.8) is 0 Å². The molecule has 8 nitrogen and oxygen atoms in total. The van der Waals surface area contributed by atoms with Crippen molar-refractivity contribution in [1.82, 2.24) is 15.3 Å². The predicted octanol–water partition coefficient (Wildman–Crippen LogP) is -0.0214. The Labute approximate surface area is 116 Å². The van der Waals surface area contributed by atoms with Gasteiger partial charge in [-0.05, 0) is 6.92 Å². The molecule has 0 aliphatic carbocycles. The zero-order chi connectivity index (χ0) is 14.3. The summed E-state index contributed by atoms with van der Waals surface area (Å²) in [5.74, 6) is 5.55. The van der Waals surface area contributed by atoms with E-state index < -0.39 is 6.04 Å². The van der Waals surface area contributed by atoms with E-state index in [-0.39, 0.29) is 11.9 Å². The molecule has 5 N–H and O–H groups in total. The molecule has 0 radical (unpaired) electrons. The molecule has 1 atom stereocenters. The SMILES string of the molecule is COCCNC(=O)C(C)Nc1nc(NN)ncc1Cl. The largest absolute Gasteiger partial charge is 0.383 e. The summed E-state index contributed by atoms with van der Waals surface area (Å²) in [6.45, 7) is 2.58. The lowest BCUT2D eigenvalue weighted by Gasteiger charge is -2.15. The van der Waals surface area contributed by atoms with Gasteiger partial charge in [-0.25, -0.2) is 10.8 Å². The number of anilines is 2. The number of rotatable bonds is 7. The van der Waals surface area contributed by atoms with Crippen molar-refractivity contribution in [2.75, 3.05) is 31.0 Å². The Morgan fingerprint density at radius 2 is 2.37 bits per heavy atom. The first-order valence-corrected chi connectivity index (χ1v) is 5.98. The average molecular weight is 289 g/mol. The second-order valence-electron chi connectivity index (χ2n) is 3.68. The normalized spacial score (nSPS) is 11.8. The summed E-state index contributed by atoms with van der Waals surface area (Å²) in [6, 6.07) is -0.505. The summed E-state index contributed by atoms with van der Waals surface area (Å²) in [5.41, 5.74) is 2.30. The number of hydrogen-bond donors (Lipinski definition) is 4. The van der Waals surface area contributed by atoms with Crippen molar-refractivity contribution < 1.29 is 9.53 Å². The average Bonchev–Trinajstić information content (AvgIpc) is 2.41. The van der Waals surface area contributed by atoms with Crippen molar-refractivity contribution in [2.24, 2.45) is 5.84 Å². The van der Waals surface area contributed by atoms with E-state index in [9.17, 15) is 4.79 Å². The Morgan fingerprint density at radius 3 is 3.00 bits per heavy atom. The molecule has 0 saturated heterocycles. The maximum absolute atomic E-state index is 11.7. The molecule has 1 heterocycles. The quantitative estimate of drug-likeness (QED) is 0.317. The lowest BCUT2D eigenvalue weighted by atomic mass is 10.3. The molecule has 106 valence electrons. The Bertz CT molecular complexity index is 430. The van der Waals surface area contributed by atoms with Gasteiger partial charge in [0, 0.05) is 13.7 Å². The summed E-state index contributed by atoms with van der Waals surface area (Å²) in [5, 5.41) is 5.88. The van der Waals surface area contributed by atoms with Crippen LogP contribution < -0.4 is 21.9 Å². The smallest absolute Gasteiger partial charge is 0.242 e. The molecule has 0 aliphatic rings. The fourth-order valence-electron chi connectivity index (χ4n) is 1.24. The van der Waals surface area contributed by atoms with Crippen LogP contribution in [0.4, 0.5) is 11.8 Å². The second-order valence-corrected chi connectivity index (χ2v) is 4.09. The molecule has 1 amide bonds. The van der Waals surface area contributed by atoms with Crippen LogP contribution in [0.1, 0.15) is 6.92 Å². The van der Waals surface area contributed by atoms with Crippen molar-refractivity contribution >= 4 is 29.3 Å². The summed E-state index contributed by atoms with van der Waals surface area (Å²) in [6.07, 6.45) is 1.39. The van der Waals surface area contributed by atoms with Crippen molar-refractivity contribution in [2.45, 2.75) is 13.0 Å². The molecular weight excluding hydrogens is 272 g/mol. The lowest BCUT2D eigenvalue weighted by molar-refractivity contribution is -0.121. The van der Waals surface area contributed by atoms with E-state index >= 15 is 0 Å². The molecule has 19 heavy (non-hydrogen) atoms. The minimum absolute atomic E-state index is 0.186. The molecule has 9 heteroatoms. The van der Waals surface area contributed by atoms with Crippen molar-refractivity contribution in [3.8, 4) is 0 Å². The first-order chi connectivity index (χ1) is 9.08. The summed E-state index contributed by atoms with van der Waals surface area (Å²) < 4.78 is 4.84. The van der Waals surface area contributed by atoms with Crippen LogP contribution in [-0.2, 0) is 9.53 Å². The van der Waals surface area contributed by atoms with Crippen LogP contribution in [0.25, 0.3) is 0 Å². The van der Waals surface area contributed by atoms with Crippen LogP contribution in [0.15, 0.2) is 6.20 Å². The minimum atomic E-state index is -0.505. The number of carbonyl (C=O) groups excluding carboxylic acids is 1. The zero-order valence-electron chi connectivity index (χ0n) is 10.7. The number of ether oxygens (including phenoxy) is 1. The highest BCUT2D eigenvalue weighted by Gasteiger charge is 2.14. The molecule has 1 rings (SSSR count). The van der Waals surface area contributed by atoms with Crippen molar-refractivity contribution in [3.05, 3.63) is 11.2 Å². The molecule has 1 aromatic rings. The number of hydrazine groups is 1. The van der Waals surface area contributed by atoms with E-state index in [1.165, 1.54) is 6.20 Å². The van der Waals surface area contributed by atoms with Crippen LogP contribution in [0, 0.1) is 0 Å². The first-order valence-electron chi connectivity index (χ1n) is 5.60. The number of nitrogen functional groups attached to an aromatic ring is 1. The highest BCUT2D eigenvalue weighted by molar-refractivity contribution is 6.32.